The average molecular weight is 1750 g/mol. The summed E-state index contributed by atoms with van der Waals surface area (Å²) in [5, 5.41) is 26.7. The van der Waals surface area contributed by atoms with Crippen molar-refractivity contribution in [3.8, 4) is 0 Å². The van der Waals surface area contributed by atoms with Crippen LogP contribution >= 0.6 is 34.8 Å². The largest absolute Gasteiger partial charge is 0.481 e. The van der Waals surface area contributed by atoms with Gasteiger partial charge < -0.3 is 41.7 Å². The highest BCUT2D eigenvalue weighted by Crippen LogP contribution is 2.30. The number of amides is 3. The SMILES string of the molecule is CC(=O)C(C)c1ccc(Cl)nc1.CC(=O)C(C)c1ccc(NC(=O)c2ccccc2)nc1.CC(=O)Cc1ccc(Cl)nc1.CC(C(=O)O)c1ccc(NC(=O)c2ccccc2)nc1.Cc1ccc(CCC(=O)C(C)c2ccc(NC(=O)c3ccccc3)nc2)c(N2CCC(C)CC2)n1.Cc1ccc(CN)c(N2CCC(C)CC2)n1.O=C(O)Cc1ccc(Cl)nc1. The van der Waals surface area contributed by atoms with E-state index in [4.69, 9.17) is 55.7 Å². The Kier molecular flexibility index (Phi) is 40.9. The summed E-state index contributed by atoms with van der Waals surface area (Å²) in [7, 11) is 0. The van der Waals surface area contributed by atoms with Crippen molar-refractivity contribution >= 4 is 117 Å². The smallest absolute Gasteiger partial charge is 0.310 e. The van der Waals surface area contributed by atoms with E-state index in [9.17, 15) is 43.2 Å². The number of hydrogen-bond acceptors (Lipinski definition) is 20. The highest BCUT2D eigenvalue weighted by atomic mass is 35.5. The molecule has 0 bridgehead atoms. The van der Waals surface area contributed by atoms with Crippen LogP contribution in [0.4, 0.5) is 29.1 Å². The summed E-state index contributed by atoms with van der Waals surface area (Å²) in [6.45, 7) is 25.4. The molecule has 3 amide bonds. The van der Waals surface area contributed by atoms with Crippen LogP contribution in [0.1, 0.15) is 205 Å². The first-order valence-corrected chi connectivity index (χ1v) is 42.3. The van der Waals surface area contributed by atoms with E-state index in [2.05, 4.69) is 86.6 Å². The number of rotatable bonds is 24. The monoisotopic (exact) mass is 1750 g/mol. The van der Waals surface area contributed by atoms with Gasteiger partial charge in [0.25, 0.3) is 17.7 Å². The van der Waals surface area contributed by atoms with Crippen molar-refractivity contribution < 1.29 is 53.4 Å². The molecular formula is C97H109Cl3N14O11. The van der Waals surface area contributed by atoms with E-state index < -0.39 is 17.9 Å². The Balaban J connectivity index is 0.000000209. The molecule has 2 fully saturated rings. The first-order chi connectivity index (χ1) is 59.7. The molecule has 0 spiro atoms. The minimum atomic E-state index is -0.909. The lowest BCUT2D eigenvalue weighted by Gasteiger charge is -2.32. The molecule has 3 aromatic carbocycles. The van der Waals surface area contributed by atoms with Crippen LogP contribution in [0.15, 0.2) is 225 Å². The minimum Gasteiger partial charge on any atom is -0.481 e. The van der Waals surface area contributed by atoms with Crippen LogP contribution in [0.5, 0.6) is 0 Å². The molecule has 25 nitrogen and oxygen atoms in total. The van der Waals surface area contributed by atoms with Crippen molar-refractivity contribution in [2.75, 3.05) is 51.9 Å². The van der Waals surface area contributed by atoms with Crippen LogP contribution in [-0.4, -0.2) is 129 Å². The maximum absolute atomic E-state index is 13.0. The summed E-state index contributed by atoms with van der Waals surface area (Å²) in [6.07, 6.45) is 15.9. The van der Waals surface area contributed by atoms with Gasteiger partial charge in [0.05, 0.1) is 12.3 Å². The number of carboxylic acid groups (broad SMARTS) is 2. The number of carbonyl (C=O) groups excluding carboxylic acids is 7. The van der Waals surface area contributed by atoms with Gasteiger partial charge in [0, 0.05) is 134 Å². The second kappa shape index (κ2) is 51.4. The number of Topliss-reactive ketones (excluding diaryl/α,β-unsaturated/α-hetero) is 4. The maximum Gasteiger partial charge on any atom is 0.310 e. The molecule has 10 heterocycles. The predicted octanol–water partition coefficient (Wildman–Crippen LogP) is 18.9. The lowest BCUT2D eigenvalue weighted by Crippen LogP contribution is -2.34. The number of pyridine rings is 8. The summed E-state index contributed by atoms with van der Waals surface area (Å²) in [5.74, 6) is 2.02. The van der Waals surface area contributed by atoms with E-state index in [-0.39, 0.29) is 65.0 Å². The first kappa shape index (κ1) is 99.4. The Morgan fingerprint density at radius 2 is 0.752 bits per heavy atom. The Hall–Kier alpha value is -12.7. The molecule has 7 N–H and O–H groups in total. The van der Waals surface area contributed by atoms with E-state index in [0.29, 0.717) is 86.5 Å². The molecular weight excluding hydrogens is 1640 g/mol. The summed E-state index contributed by atoms with van der Waals surface area (Å²) in [6, 6.07) is 55.6. The number of nitrogens with two attached hydrogens (primary N) is 1. The second-order valence-corrected chi connectivity index (χ2v) is 31.7. The first-order valence-electron chi connectivity index (χ1n) is 41.1. The molecule has 4 atom stereocenters. The van der Waals surface area contributed by atoms with Gasteiger partial charge in [-0.1, -0.05) is 173 Å². The lowest BCUT2D eigenvalue weighted by atomic mass is 9.93. The van der Waals surface area contributed by atoms with E-state index >= 15 is 0 Å². The van der Waals surface area contributed by atoms with Crippen molar-refractivity contribution in [3.63, 3.8) is 0 Å². The number of nitrogens with zero attached hydrogens (tertiary/aromatic N) is 10. The minimum absolute atomic E-state index is 0.00975. The molecule has 2 saturated heterocycles. The molecule has 654 valence electrons. The highest BCUT2D eigenvalue weighted by Gasteiger charge is 2.24. The van der Waals surface area contributed by atoms with Crippen LogP contribution in [-0.2, 0) is 54.6 Å². The molecule has 2 aliphatic heterocycles. The normalized spacial score (nSPS) is 13.1. The van der Waals surface area contributed by atoms with Gasteiger partial charge in [-0.15, -0.1) is 0 Å². The molecule has 0 radical (unpaired) electrons. The van der Waals surface area contributed by atoms with Gasteiger partial charge in [0.15, 0.2) is 0 Å². The summed E-state index contributed by atoms with van der Waals surface area (Å²) in [4.78, 5) is 141. The van der Waals surface area contributed by atoms with Gasteiger partial charge in [0.1, 0.15) is 67.7 Å². The number of carboxylic acids is 2. The van der Waals surface area contributed by atoms with E-state index in [1.54, 1.807) is 174 Å². The molecule has 0 aliphatic carbocycles. The quantitative estimate of drug-likeness (QED) is 0.0306. The molecule has 4 unspecified atom stereocenters. The van der Waals surface area contributed by atoms with Crippen molar-refractivity contribution in [2.24, 2.45) is 17.6 Å². The van der Waals surface area contributed by atoms with Gasteiger partial charge in [0.2, 0.25) is 0 Å². The van der Waals surface area contributed by atoms with Crippen LogP contribution in [0.2, 0.25) is 15.5 Å². The average Bonchev–Trinajstić information content (AvgIpc) is 0.941. The second-order valence-electron chi connectivity index (χ2n) is 30.6. The molecule has 8 aromatic heterocycles. The van der Waals surface area contributed by atoms with Gasteiger partial charge in [-0.3, -0.25) is 43.2 Å². The molecule has 2 aliphatic rings. The van der Waals surface area contributed by atoms with E-state index in [1.807, 2.05) is 89.2 Å². The number of aliphatic carboxylic acids is 2. The zero-order valence-corrected chi connectivity index (χ0v) is 74.5. The highest BCUT2D eigenvalue weighted by molar-refractivity contribution is 6.30. The Labute approximate surface area is 745 Å². The maximum atomic E-state index is 13.0. The van der Waals surface area contributed by atoms with E-state index in [1.165, 1.54) is 43.6 Å². The number of anilines is 5. The van der Waals surface area contributed by atoms with Crippen LogP contribution in [0.3, 0.4) is 0 Å². The fraction of sp³-hybridized carbons (Fsp3) is 0.309. The fourth-order valence-electron chi connectivity index (χ4n) is 12.4. The molecule has 125 heavy (non-hydrogen) atoms. The number of piperidine rings is 2. The topological polar surface area (TPSA) is 366 Å². The number of hydrogen-bond donors (Lipinski definition) is 6. The zero-order valence-electron chi connectivity index (χ0n) is 72.3. The van der Waals surface area contributed by atoms with Crippen LogP contribution in [0.25, 0.3) is 0 Å². The molecule has 28 heteroatoms. The number of halogens is 3. The number of ketones is 4. The third kappa shape index (κ3) is 34.5. The Morgan fingerprint density at radius 3 is 1.07 bits per heavy atom. The lowest BCUT2D eigenvalue weighted by molar-refractivity contribution is -0.138. The van der Waals surface area contributed by atoms with Crippen molar-refractivity contribution in [3.05, 3.63) is 313 Å². The molecule has 0 saturated carbocycles. The van der Waals surface area contributed by atoms with Crippen LogP contribution in [0, 0.1) is 25.7 Å². The molecule has 11 aromatic rings. The number of benzene rings is 3. The standard InChI is InChI=1S/C29H34N4O2.C16H16N2O2.C15H14N2O3.C13H21N3.C9H10ClNO.C8H8ClNO.C7H6ClNO2/c1-20-15-17-33(18-16-20)28-23(10-9-21(2)31-28)11-13-26(34)22(3)25-12-14-27(30-19-25)32-29(35)24-7-5-4-6-8-24;1-11(12(2)19)14-8-9-15(17-10-14)18-16(20)13-6-4-3-5-7-13;1-10(15(19)20)12-7-8-13(16-9-12)17-14(18)11-5-3-2-4-6-11;1-10-5-7-16(8-6-10)13-12(9-14)4-3-11(2)15-13;1-6(7(2)12)8-3-4-9(10)11-5-8;1-6(11)4-7-2-3-8(9)10-5-7;8-6-2-1-5(4-9-6)3-7(10)11/h4-10,12,14,19-20,22H,11,13,15-18H2,1-3H3,(H,30,32,35);3-11H,1-2H3,(H,17,18,20);2-10H,1H3,(H,19,20)(H,16,17,18);3-4,10H,5-9,14H2,1-2H3;3-6H,1-2H3;2-3,5H,4H2,1H3;1-2,4H,3H2,(H,10,11). The Morgan fingerprint density at radius 1 is 0.416 bits per heavy atom. The van der Waals surface area contributed by atoms with Gasteiger partial charge >= 0.3 is 11.9 Å². The number of nitrogens with one attached hydrogen (secondary N) is 3. The third-order valence-corrected chi connectivity index (χ3v) is 21.3. The van der Waals surface area contributed by atoms with Gasteiger partial charge in [-0.05, 0) is 209 Å². The van der Waals surface area contributed by atoms with Gasteiger partial charge in [-0.25, -0.2) is 39.9 Å². The zero-order chi connectivity index (χ0) is 91.1. The fourth-order valence-corrected chi connectivity index (χ4v) is 12.8. The number of carbonyl (C=O) groups is 9. The van der Waals surface area contributed by atoms with Crippen molar-refractivity contribution in [2.45, 2.75) is 158 Å². The number of aromatic nitrogens is 8. The molecule has 13 rings (SSSR count). The van der Waals surface area contributed by atoms with Crippen molar-refractivity contribution in [1.82, 2.24) is 39.9 Å². The van der Waals surface area contributed by atoms with Gasteiger partial charge in [-0.2, -0.15) is 0 Å². The summed E-state index contributed by atoms with van der Waals surface area (Å²) < 4.78 is 0. The number of aryl methyl sites for hydroxylation is 3. The van der Waals surface area contributed by atoms with Crippen molar-refractivity contribution in [1.29, 1.82) is 0 Å². The predicted molar refractivity (Wildman–Crippen MR) is 492 cm³/mol. The van der Waals surface area contributed by atoms with Crippen LogP contribution < -0.4 is 31.5 Å². The Bertz CT molecular complexity index is 5120. The summed E-state index contributed by atoms with van der Waals surface area (Å²) in [5.41, 5.74) is 16.6. The summed E-state index contributed by atoms with van der Waals surface area (Å²) >= 11 is 16.6. The third-order valence-electron chi connectivity index (χ3n) is 20.6. The van der Waals surface area contributed by atoms with E-state index in [0.717, 1.165) is 88.9 Å².